The number of anilines is 2. The molecule has 132 valence electrons. The van der Waals surface area contributed by atoms with Crippen LogP contribution in [0.4, 0.5) is 16.0 Å². The molecule has 2 N–H and O–H groups in total. The first kappa shape index (κ1) is 17.5. The van der Waals surface area contributed by atoms with E-state index in [0.717, 1.165) is 0 Å². The van der Waals surface area contributed by atoms with E-state index in [1.165, 1.54) is 23.3 Å². The molecule has 1 aromatic heterocycles. The number of aryl methyl sites for hydroxylation is 1. The van der Waals surface area contributed by atoms with E-state index < -0.39 is 0 Å². The van der Waals surface area contributed by atoms with Gasteiger partial charge in [-0.15, -0.1) is 10.2 Å². The fraction of sp³-hybridized carbons (Fsp3) is 0.150. The maximum absolute atomic E-state index is 13.1. The van der Waals surface area contributed by atoms with Gasteiger partial charge in [-0.05, 0) is 47.9 Å². The Kier molecular flexibility index (Phi) is 5.53. The monoisotopic (exact) mass is 350 g/mol. The van der Waals surface area contributed by atoms with Gasteiger partial charge >= 0.3 is 0 Å². The van der Waals surface area contributed by atoms with Crippen LogP contribution in [-0.2, 0) is 17.8 Å². The van der Waals surface area contributed by atoms with Gasteiger partial charge in [-0.2, -0.15) is 0 Å². The van der Waals surface area contributed by atoms with E-state index in [1.807, 2.05) is 12.1 Å². The van der Waals surface area contributed by atoms with Gasteiger partial charge in [-0.1, -0.05) is 36.4 Å². The van der Waals surface area contributed by atoms with E-state index in [-0.39, 0.29) is 18.1 Å². The Bertz CT molecular complexity index is 896. The number of carbonyl (C=O) groups is 1. The Morgan fingerprint density at radius 2 is 1.77 bits per heavy atom. The van der Waals surface area contributed by atoms with Crippen LogP contribution in [0.25, 0.3) is 0 Å². The van der Waals surface area contributed by atoms with Crippen LogP contribution in [0.2, 0.25) is 0 Å². The van der Waals surface area contributed by atoms with Crippen molar-refractivity contribution in [2.24, 2.45) is 0 Å². The van der Waals surface area contributed by atoms with E-state index in [1.54, 1.807) is 24.3 Å². The molecule has 0 aliphatic heterocycles. The van der Waals surface area contributed by atoms with Crippen molar-refractivity contribution in [3.63, 3.8) is 0 Å². The average molecular weight is 350 g/mol. The Morgan fingerprint density at radius 3 is 2.50 bits per heavy atom. The van der Waals surface area contributed by atoms with Crippen LogP contribution in [-0.4, -0.2) is 16.1 Å². The van der Waals surface area contributed by atoms with Gasteiger partial charge in [-0.3, -0.25) is 4.79 Å². The fourth-order valence-corrected chi connectivity index (χ4v) is 2.51. The number of benzene rings is 2. The smallest absolute Gasteiger partial charge is 0.229 e. The van der Waals surface area contributed by atoms with E-state index in [2.05, 4.69) is 39.9 Å². The normalized spacial score (nSPS) is 10.4. The number of amides is 1. The Morgan fingerprint density at radius 1 is 1.00 bits per heavy atom. The topological polar surface area (TPSA) is 66.9 Å². The Balaban J connectivity index is 1.54. The van der Waals surface area contributed by atoms with E-state index in [0.29, 0.717) is 23.7 Å². The molecule has 0 radical (unpaired) electrons. The lowest BCUT2D eigenvalue weighted by molar-refractivity contribution is -0.115. The molecule has 6 heteroatoms. The van der Waals surface area contributed by atoms with Crippen LogP contribution in [0.1, 0.15) is 16.7 Å². The number of rotatable bonds is 6. The summed E-state index contributed by atoms with van der Waals surface area (Å²) in [6.07, 6.45) is 0.0761. The van der Waals surface area contributed by atoms with E-state index in [9.17, 15) is 9.18 Å². The van der Waals surface area contributed by atoms with Gasteiger partial charge in [0.2, 0.25) is 5.91 Å². The van der Waals surface area contributed by atoms with Crippen molar-refractivity contribution in [2.75, 3.05) is 10.6 Å². The molecule has 1 amide bonds. The third-order valence-electron chi connectivity index (χ3n) is 3.91. The molecule has 0 spiro atoms. The molecular weight excluding hydrogens is 331 g/mol. The first-order valence-corrected chi connectivity index (χ1v) is 8.26. The summed E-state index contributed by atoms with van der Waals surface area (Å²) in [6.45, 7) is 2.70. The number of hydrogen-bond donors (Lipinski definition) is 2. The zero-order chi connectivity index (χ0) is 18.4. The van der Waals surface area contributed by atoms with Crippen molar-refractivity contribution >= 4 is 17.5 Å². The highest BCUT2D eigenvalue weighted by Crippen LogP contribution is 2.12. The first-order chi connectivity index (χ1) is 12.6. The molecule has 5 nitrogen and oxygen atoms in total. The van der Waals surface area contributed by atoms with Crippen LogP contribution in [0.15, 0.2) is 60.7 Å². The number of carbonyl (C=O) groups excluding carboxylic acids is 1. The van der Waals surface area contributed by atoms with Crippen molar-refractivity contribution in [3.8, 4) is 0 Å². The van der Waals surface area contributed by atoms with Gasteiger partial charge in [-0.25, -0.2) is 4.39 Å². The van der Waals surface area contributed by atoms with Crippen LogP contribution >= 0.6 is 0 Å². The summed E-state index contributed by atoms with van der Waals surface area (Å²) < 4.78 is 13.1. The molecular formula is C20H19FN4O. The summed E-state index contributed by atoms with van der Waals surface area (Å²) >= 11 is 0. The van der Waals surface area contributed by atoms with Crippen molar-refractivity contribution in [3.05, 3.63) is 83.2 Å². The third-order valence-corrected chi connectivity index (χ3v) is 3.91. The number of halogens is 1. The third kappa shape index (κ3) is 4.86. The van der Waals surface area contributed by atoms with Gasteiger partial charge in [0, 0.05) is 6.54 Å². The predicted molar refractivity (Wildman–Crippen MR) is 99.3 cm³/mol. The van der Waals surface area contributed by atoms with Gasteiger partial charge < -0.3 is 10.6 Å². The van der Waals surface area contributed by atoms with Gasteiger partial charge in [0.05, 0.1) is 6.42 Å². The van der Waals surface area contributed by atoms with Crippen molar-refractivity contribution in [1.29, 1.82) is 0 Å². The summed E-state index contributed by atoms with van der Waals surface area (Å²) in [5.41, 5.74) is 2.99. The second kappa shape index (κ2) is 8.20. The molecule has 26 heavy (non-hydrogen) atoms. The maximum atomic E-state index is 13.1. The highest BCUT2D eigenvalue weighted by Gasteiger charge is 2.07. The minimum atomic E-state index is -0.362. The second-order valence-electron chi connectivity index (χ2n) is 5.94. The van der Waals surface area contributed by atoms with Gasteiger partial charge in [0.25, 0.3) is 0 Å². The molecule has 0 atom stereocenters. The lowest BCUT2D eigenvalue weighted by Gasteiger charge is -2.08. The molecule has 0 aliphatic rings. The summed E-state index contributed by atoms with van der Waals surface area (Å²) in [5.74, 6) is 0.342. The summed E-state index contributed by atoms with van der Waals surface area (Å²) in [6, 6.07) is 17.5. The minimum Gasteiger partial charge on any atom is -0.364 e. The van der Waals surface area contributed by atoms with Crippen molar-refractivity contribution in [1.82, 2.24) is 10.2 Å². The summed E-state index contributed by atoms with van der Waals surface area (Å²) in [5, 5.41) is 13.9. The van der Waals surface area contributed by atoms with E-state index in [4.69, 9.17) is 0 Å². The molecule has 0 bridgehead atoms. The molecule has 0 aliphatic carbocycles. The molecule has 0 saturated heterocycles. The zero-order valence-electron chi connectivity index (χ0n) is 14.4. The van der Waals surface area contributed by atoms with Crippen LogP contribution in [0.3, 0.4) is 0 Å². The average Bonchev–Trinajstić information content (AvgIpc) is 2.62. The lowest BCUT2D eigenvalue weighted by Crippen LogP contribution is -2.16. The maximum Gasteiger partial charge on any atom is 0.229 e. The Labute approximate surface area is 151 Å². The molecule has 3 aromatic rings. The minimum absolute atomic E-state index is 0.0761. The van der Waals surface area contributed by atoms with E-state index >= 15 is 0 Å². The fourth-order valence-electron chi connectivity index (χ4n) is 2.51. The molecule has 2 aromatic carbocycles. The second-order valence-corrected chi connectivity index (χ2v) is 5.94. The number of nitrogens with zero attached hydrogens (tertiary/aromatic N) is 2. The SMILES string of the molecule is Cc1ccccc1CNc1ccc(NC(=O)Cc2cccc(F)c2)nn1. The molecule has 0 saturated carbocycles. The summed E-state index contributed by atoms with van der Waals surface area (Å²) in [7, 11) is 0. The highest BCUT2D eigenvalue weighted by atomic mass is 19.1. The largest absolute Gasteiger partial charge is 0.364 e. The number of hydrogen-bond acceptors (Lipinski definition) is 4. The molecule has 0 unspecified atom stereocenters. The van der Waals surface area contributed by atoms with Crippen LogP contribution in [0.5, 0.6) is 0 Å². The molecule has 0 fully saturated rings. The van der Waals surface area contributed by atoms with Crippen LogP contribution in [0, 0.1) is 12.7 Å². The van der Waals surface area contributed by atoms with Gasteiger partial charge in [0.1, 0.15) is 11.6 Å². The van der Waals surface area contributed by atoms with Crippen molar-refractivity contribution < 1.29 is 9.18 Å². The standard InChI is InChI=1S/C20H19FN4O/c1-14-5-2-3-7-16(14)13-22-18-9-10-19(25-24-18)23-20(26)12-15-6-4-8-17(21)11-15/h2-11H,12-13H2,1H3,(H,22,24)(H,23,25,26). The first-order valence-electron chi connectivity index (χ1n) is 8.26. The number of aromatic nitrogens is 2. The highest BCUT2D eigenvalue weighted by molar-refractivity contribution is 5.91. The predicted octanol–water partition coefficient (Wildman–Crippen LogP) is 3.72. The zero-order valence-corrected chi connectivity index (χ0v) is 14.4. The van der Waals surface area contributed by atoms with Crippen LogP contribution < -0.4 is 10.6 Å². The lowest BCUT2D eigenvalue weighted by atomic mass is 10.1. The molecule has 3 rings (SSSR count). The summed E-state index contributed by atoms with van der Waals surface area (Å²) in [4.78, 5) is 12.0. The van der Waals surface area contributed by atoms with Crippen molar-refractivity contribution in [2.45, 2.75) is 19.9 Å². The Hall–Kier alpha value is -3.28. The molecule has 1 heterocycles. The quantitative estimate of drug-likeness (QED) is 0.711. The number of nitrogens with one attached hydrogen (secondary N) is 2. The van der Waals surface area contributed by atoms with Gasteiger partial charge in [0.15, 0.2) is 5.82 Å².